The lowest BCUT2D eigenvalue weighted by Gasteiger charge is -2.33. The summed E-state index contributed by atoms with van der Waals surface area (Å²) in [5.74, 6) is 0.787. The molecule has 5 nitrogen and oxygen atoms in total. The molecule has 1 aromatic heterocycles. The van der Waals surface area contributed by atoms with E-state index < -0.39 is 0 Å². The van der Waals surface area contributed by atoms with Crippen molar-refractivity contribution in [2.75, 3.05) is 19.6 Å². The zero-order valence-electron chi connectivity index (χ0n) is 13.1. The van der Waals surface area contributed by atoms with Gasteiger partial charge in [0.1, 0.15) is 5.76 Å². The second kappa shape index (κ2) is 8.20. The SMILES string of the molecule is CC(NCC(C)N1CCCCC1)C(=O)NCc1ccco1. The molecule has 0 radical (unpaired) electrons. The van der Waals surface area contributed by atoms with E-state index in [0.29, 0.717) is 12.6 Å². The first-order valence-electron chi connectivity index (χ1n) is 7.94. The summed E-state index contributed by atoms with van der Waals surface area (Å²) in [5, 5.41) is 6.20. The Kier molecular flexibility index (Phi) is 6.26. The fourth-order valence-electron chi connectivity index (χ4n) is 2.67. The number of furan rings is 1. The molecular weight excluding hydrogens is 266 g/mol. The van der Waals surface area contributed by atoms with Crippen LogP contribution in [0, 0.1) is 0 Å². The van der Waals surface area contributed by atoms with Gasteiger partial charge in [0, 0.05) is 12.6 Å². The van der Waals surface area contributed by atoms with Crippen LogP contribution in [0.15, 0.2) is 22.8 Å². The number of nitrogens with zero attached hydrogens (tertiary/aromatic N) is 1. The number of hydrogen-bond donors (Lipinski definition) is 2. The van der Waals surface area contributed by atoms with E-state index in [-0.39, 0.29) is 11.9 Å². The van der Waals surface area contributed by atoms with E-state index in [9.17, 15) is 4.79 Å². The molecule has 1 aliphatic heterocycles. The molecule has 1 fully saturated rings. The average Bonchev–Trinajstić information content (AvgIpc) is 3.04. The predicted octanol–water partition coefficient (Wildman–Crippen LogP) is 1.75. The lowest BCUT2D eigenvalue weighted by atomic mass is 10.1. The minimum atomic E-state index is -0.188. The number of nitrogens with one attached hydrogen (secondary N) is 2. The number of carbonyl (C=O) groups excluding carboxylic acids is 1. The van der Waals surface area contributed by atoms with Crippen molar-refractivity contribution >= 4 is 5.91 Å². The van der Waals surface area contributed by atoms with Gasteiger partial charge in [0.05, 0.1) is 18.8 Å². The lowest BCUT2D eigenvalue weighted by Crippen LogP contribution is -2.48. The maximum atomic E-state index is 12.0. The summed E-state index contributed by atoms with van der Waals surface area (Å²) >= 11 is 0. The molecule has 0 bridgehead atoms. The number of rotatable bonds is 7. The molecule has 2 atom stereocenters. The van der Waals surface area contributed by atoms with Crippen LogP contribution in [-0.2, 0) is 11.3 Å². The summed E-state index contributed by atoms with van der Waals surface area (Å²) in [7, 11) is 0. The van der Waals surface area contributed by atoms with Gasteiger partial charge in [-0.05, 0) is 51.9 Å². The molecule has 0 aromatic carbocycles. The van der Waals surface area contributed by atoms with Gasteiger partial charge in [-0.15, -0.1) is 0 Å². The van der Waals surface area contributed by atoms with Crippen LogP contribution in [0.1, 0.15) is 38.9 Å². The highest BCUT2D eigenvalue weighted by Gasteiger charge is 2.18. The molecule has 1 aliphatic rings. The van der Waals surface area contributed by atoms with Gasteiger partial charge >= 0.3 is 0 Å². The summed E-state index contributed by atoms with van der Waals surface area (Å²) in [6.07, 6.45) is 5.55. The fraction of sp³-hybridized carbons (Fsp3) is 0.688. The molecule has 0 aliphatic carbocycles. The normalized spacial score (nSPS) is 19.1. The Labute approximate surface area is 127 Å². The third-order valence-corrected chi connectivity index (χ3v) is 4.14. The number of piperidine rings is 1. The molecule has 21 heavy (non-hydrogen) atoms. The first-order chi connectivity index (χ1) is 10.2. The van der Waals surface area contributed by atoms with Gasteiger partial charge in [-0.1, -0.05) is 6.42 Å². The number of carbonyl (C=O) groups is 1. The molecule has 2 unspecified atom stereocenters. The highest BCUT2D eigenvalue weighted by atomic mass is 16.3. The first kappa shape index (κ1) is 16.0. The van der Waals surface area contributed by atoms with Gasteiger partial charge in [0.25, 0.3) is 0 Å². The zero-order valence-corrected chi connectivity index (χ0v) is 13.1. The second-order valence-electron chi connectivity index (χ2n) is 5.87. The van der Waals surface area contributed by atoms with Crippen LogP contribution >= 0.6 is 0 Å². The van der Waals surface area contributed by atoms with Crippen LogP contribution in [-0.4, -0.2) is 42.5 Å². The van der Waals surface area contributed by atoms with E-state index >= 15 is 0 Å². The Bertz CT molecular complexity index is 413. The largest absolute Gasteiger partial charge is 0.467 e. The van der Waals surface area contributed by atoms with Gasteiger partial charge in [0.15, 0.2) is 0 Å². The molecule has 118 valence electrons. The van der Waals surface area contributed by atoms with Crippen LogP contribution in [0.2, 0.25) is 0 Å². The molecule has 2 heterocycles. The third kappa shape index (κ3) is 5.17. The average molecular weight is 293 g/mol. The summed E-state index contributed by atoms with van der Waals surface area (Å²) in [4.78, 5) is 14.5. The quantitative estimate of drug-likeness (QED) is 0.804. The summed E-state index contributed by atoms with van der Waals surface area (Å²) in [6.45, 7) is 7.78. The fourth-order valence-corrected chi connectivity index (χ4v) is 2.67. The van der Waals surface area contributed by atoms with E-state index in [1.54, 1.807) is 6.26 Å². The number of hydrogen-bond acceptors (Lipinski definition) is 4. The van der Waals surface area contributed by atoms with E-state index in [1.807, 2.05) is 19.1 Å². The maximum absolute atomic E-state index is 12.0. The van der Waals surface area contributed by atoms with E-state index in [4.69, 9.17) is 4.42 Å². The van der Waals surface area contributed by atoms with Gasteiger partial charge in [-0.3, -0.25) is 9.69 Å². The van der Waals surface area contributed by atoms with Crippen LogP contribution in [0.3, 0.4) is 0 Å². The molecular formula is C16H27N3O2. The van der Waals surface area contributed by atoms with Crippen molar-refractivity contribution in [3.63, 3.8) is 0 Å². The molecule has 1 amide bonds. The van der Waals surface area contributed by atoms with Gasteiger partial charge < -0.3 is 15.1 Å². The van der Waals surface area contributed by atoms with Crippen LogP contribution in [0.5, 0.6) is 0 Å². The van der Waals surface area contributed by atoms with Crippen molar-refractivity contribution in [1.29, 1.82) is 0 Å². The third-order valence-electron chi connectivity index (χ3n) is 4.14. The molecule has 1 saturated heterocycles. The van der Waals surface area contributed by atoms with Gasteiger partial charge in [0.2, 0.25) is 5.91 Å². The van der Waals surface area contributed by atoms with Crippen molar-refractivity contribution in [3.8, 4) is 0 Å². The Morgan fingerprint density at radius 3 is 2.76 bits per heavy atom. The molecule has 5 heteroatoms. The van der Waals surface area contributed by atoms with E-state index in [1.165, 1.54) is 32.4 Å². The predicted molar refractivity (Wildman–Crippen MR) is 82.9 cm³/mol. The number of amides is 1. The smallest absolute Gasteiger partial charge is 0.237 e. The summed E-state index contributed by atoms with van der Waals surface area (Å²) < 4.78 is 5.20. The lowest BCUT2D eigenvalue weighted by molar-refractivity contribution is -0.123. The van der Waals surface area contributed by atoms with E-state index in [2.05, 4.69) is 22.5 Å². The topological polar surface area (TPSA) is 57.5 Å². The van der Waals surface area contributed by atoms with Crippen LogP contribution in [0.25, 0.3) is 0 Å². The number of likely N-dealkylation sites (tertiary alicyclic amines) is 1. The highest BCUT2D eigenvalue weighted by molar-refractivity contribution is 5.81. The van der Waals surface area contributed by atoms with Crippen LogP contribution in [0.4, 0.5) is 0 Å². The van der Waals surface area contributed by atoms with Crippen molar-refractivity contribution < 1.29 is 9.21 Å². The van der Waals surface area contributed by atoms with Crippen molar-refractivity contribution in [2.24, 2.45) is 0 Å². The minimum Gasteiger partial charge on any atom is -0.467 e. The monoisotopic (exact) mass is 293 g/mol. The van der Waals surface area contributed by atoms with Crippen molar-refractivity contribution in [1.82, 2.24) is 15.5 Å². The minimum absolute atomic E-state index is 0.0113. The molecule has 1 aromatic rings. The summed E-state index contributed by atoms with van der Waals surface area (Å²) in [5.41, 5.74) is 0. The maximum Gasteiger partial charge on any atom is 0.237 e. The van der Waals surface area contributed by atoms with Crippen molar-refractivity contribution in [2.45, 2.75) is 51.7 Å². The molecule has 2 rings (SSSR count). The van der Waals surface area contributed by atoms with Crippen molar-refractivity contribution in [3.05, 3.63) is 24.2 Å². The van der Waals surface area contributed by atoms with Gasteiger partial charge in [-0.2, -0.15) is 0 Å². The highest BCUT2D eigenvalue weighted by Crippen LogP contribution is 2.11. The van der Waals surface area contributed by atoms with E-state index in [0.717, 1.165) is 12.3 Å². The Hall–Kier alpha value is -1.33. The zero-order chi connectivity index (χ0) is 15.1. The first-order valence-corrected chi connectivity index (χ1v) is 7.94. The standard InChI is InChI=1S/C16H27N3O2/c1-13(19-8-4-3-5-9-19)11-17-14(2)16(20)18-12-15-7-6-10-21-15/h6-7,10,13-14,17H,3-5,8-9,11-12H2,1-2H3,(H,18,20). The second-order valence-corrected chi connectivity index (χ2v) is 5.87. The summed E-state index contributed by atoms with van der Waals surface area (Å²) in [6, 6.07) is 3.97. The molecule has 0 spiro atoms. The Balaban J connectivity index is 1.65. The Morgan fingerprint density at radius 1 is 1.33 bits per heavy atom. The van der Waals surface area contributed by atoms with Crippen LogP contribution < -0.4 is 10.6 Å². The molecule has 2 N–H and O–H groups in total. The molecule has 0 saturated carbocycles. The Morgan fingerprint density at radius 2 is 2.10 bits per heavy atom. The van der Waals surface area contributed by atoms with Gasteiger partial charge in [-0.25, -0.2) is 0 Å².